The Morgan fingerprint density at radius 3 is 2.38 bits per heavy atom. The zero-order valence-corrected chi connectivity index (χ0v) is 20.4. The third-order valence-electron chi connectivity index (χ3n) is 5.12. The Morgan fingerprint density at radius 2 is 1.78 bits per heavy atom. The quantitative estimate of drug-likeness (QED) is 0.567. The molecule has 0 bridgehead atoms. The summed E-state index contributed by atoms with van der Waals surface area (Å²) in [7, 11) is -3.78. The number of amides is 2. The van der Waals surface area contributed by atoms with Gasteiger partial charge in [-0.25, -0.2) is 8.42 Å². The molecule has 0 saturated heterocycles. The second-order valence-electron chi connectivity index (χ2n) is 7.59. The van der Waals surface area contributed by atoms with Crippen LogP contribution in [-0.2, 0) is 26.0 Å². The van der Waals surface area contributed by atoms with Crippen LogP contribution >= 0.6 is 11.6 Å². The Kier molecular flexibility index (Phi) is 9.09. The van der Waals surface area contributed by atoms with Gasteiger partial charge in [-0.1, -0.05) is 48.0 Å². The number of likely N-dealkylation sites (N-methyl/N-ethyl adjacent to an activating group) is 1. The molecule has 1 N–H and O–H groups in total. The van der Waals surface area contributed by atoms with Gasteiger partial charge in [-0.2, -0.15) is 0 Å². The maximum absolute atomic E-state index is 13.3. The molecule has 0 aliphatic rings. The number of benzene rings is 2. The highest BCUT2D eigenvalue weighted by molar-refractivity contribution is 7.92. The van der Waals surface area contributed by atoms with Crippen molar-refractivity contribution in [3.8, 4) is 0 Å². The van der Waals surface area contributed by atoms with Gasteiger partial charge in [0.15, 0.2) is 0 Å². The van der Waals surface area contributed by atoms with Crippen molar-refractivity contribution < 1.29 is 18.0 Å². The molecule has 0 aliphatic carbocycles. The first-order chi connectivity index (χ1) is 15.0. The second-order valence-corrected chi connectivity index (χ2v) is 9.94. The summed E-state index contributed by atoms with van der Waals surface area (Å²) in [4.78, 5) is 27.3. The minimum Gasteiger partial charge on any atom is -0.355 e. The number of anilines is 1. The highest BCUT2D eigenvalue weighted by Crippen LogP contribution is 2.26. The molecule has 9 heteroatoms. The van der Waals surface area contributed by atoms with Gasteiger partial charge in [-0.05, 0) is 50.5 Å². The van der Waals surface area contributed by atoms with E-state index in [4.69, 9.17) is 11.6 Å². The summed E-state index contributed by atoms with van der Waals surface area (Å²) < 4.78 is 26.2. The number of hydrogen-bond donors (Lipinski definition) is 1. The normalized spacial score (nSPS) is 12.2. The standard InChI is InChI=1S/C23H30ClN3O4S/c1-5-25-23(29)18(3)26(14-13-19-9-7-6-8-10-19)22(28)16-27(32(4,30)31)21-15-20(24)12-11-17(21)2/h6-12,15,18H,5,13-14,16H2,1-4H3,(H,25,29)/t18-/m1/s1. The number of halogens is 1. The molecule has 0 spiro atoms. The fourth-order valence-electron chi connectivity index (χ4n) is 3.34. The highest BCUT2D eigenvalue weighted by Gasteiger charge is 2.30. The Hall–Kier alpha value is -2.58. The Morgan fingerprint density at radius 1 is 1.12 bits per heavy atom. The van der Waals surface area contributed by atoms with Crippen LogP contribution in [0.15, 0.2) is 48.5 Å². The van der Waals surface area contributed by atoms with E-state index in [1.54, 1.807) is 32.9 Å². The minimum atomic E-state index is -3.78. The van der Waals surface area contributed by atoms with Crippen molar-refractivity contribution in [2.75, 3.05) is 30.2 Å². The maximum Gasteiger partial charge on any atom is 0.244 e. The minimum absolute atomic E-state index is 0.271. The monoisotopic (exact) mass is 479 g/mol. The van der Waals surface area contributed by atoms with Crippen LogP contribution in [0.25, 0.3) is 0 Å². The van der Waals surface area contributed by atoms with Crippen LogP contribution < -0.4 is 9.62 Å². The van der Waals surface area contributed by atoms with Gasteiger partial charge in [0.2, 0.25) is 21.8 Å². The molecule has 1 atom stereocenters. The lowest BCUT2D eigenvalue weighted by molar-refractivity contribution is -0.138. The third-order valence-corrected chi connectivity index (χ3v) is 6.48. The van der Waals surface area contributed by atoms with Crippen molar-refractivity contribution in [1.82, 2.24) is 10.2 Å². The van der Waals surface area contributed by atoms with Crippen molar-refractivity contribution in [2.45, 2.75) is 33.2 Å². The Balaban J connectivity index is 2.34. The first-order valence-corrected chi connectivity index (χ1v) is 12.6. The van der Waals surface area contributed by atoms with E-state index in [2.05, 4.69) is 5.32 Å². The number of sulfonamides is 1. The molecule has 2 aromatic rings. The molecule has 0 aliphatic heterocycles. The average Bonchev–Trinajstić information content (AvgIpc) is 2.74. The maximum atomic E-state index is 13.3. The molecule has 0 radical (unpaired) electrons. The fourth-order valence-corrected chi connectivity index (χ4v) is 4.40. The van der Waals surface area contributed by atoms with Crippen molar-refractivity contribution in [3.05, 3.63) is 64.7 Å². The summed E-state index contributed by atoms with van der Waals surface area (Å²) in [5, 5.41) is 3.09. The number of nitrogens with zero attached hydrogens (tertiary/aromatic N) is 2. The molecule has 174 valence electrons. The van der Waals surface area contributed by atoms with Gasteiger partial charge in [0.25, 0.3) is 0 Å². The molecule has 0 fully saturated rings. The lowest BCUT2D eigenvalue weighted by Gasteiger charge is -2.31. The number of aryl methyl sites for hydroxylation is 1. The van der Waals surface area contributed by atoms with Crippen molar-refractivity contribution in [3.63, 3.8) is 0 Å². The number of carbonyl (C=O) groups is 2. The smallest absolute Gasteiger partial charge is 0.244 e. The van der Waals surface area contributed by atoms with Gasteiger partial charge < -0.3 is 10.2 Å². The molecule has 0 unspecified atom stereocenters. The third kappa shape index (κ3) is 6.97. The van der Waals surface area contributed by atoms with Crippen molar-refractivity contribution >= 4 is 39.1 Å². The van der Waals surface area contributed by atoms with Crippen molar-refractivity contribution in [2.24, 2.45) is 0 Å². The molecule has 0 heterocycles. The van der Waals surface area contributed by atoms with Crippen LogP contribution in [0.2, 0.25) is 5.02 Å². The lowest BCUT2D eigenvalue weighted by Crippen LogP contribution is -2.52. The van der Waals surface area contributed by atoms with Gasteiger partial charge in [0, 0.05) is 18.1 Å². The predicted molar refractivity (Wildman–Crippen MR) is 128 cm³/mol. The van der Waals surface area contributed by atoms with E-state index in [1.807, 2.05) is 30.3 Å². The molecule has 2 amide bonds. The summed E-state index contributed by atoms with van der Waals surface area (Å²) in [6.07, 6.45) is 1.58. The summed E-state index contributed by atoms with van der Waals surface area (Å²) in [6.45, 7) is 5.46. The van der Waals surface area contributed by atoms with Gasteiger partial charge in [0.1, 0.15) is 12.6 Å². The summed E-state index contributed by atoms with van der Waals surface area (Å²) in [5.41, 5.74) is 2.02. The Labute approximate surface area is 195 Å². The van der Waals surface area contributed by atoms with Crippen LogP contribution in [0.1, 0.15) is 25.0 Å². The number of hydrogen-bond acceptors (Lipinski definition) is 4. The molecular formula is C23H30ClN3O4S. The molecule has 32 heavy (non-hydrogen) atoms. The zero-order valence-electron chi connectivity index (χ0n) is 18.8. The first kappa shape index (κ1) is 25.7. The van der Waals surface area contributed by atoms with E-state index < -0.39 is 28.5 Å². The molecular weight excluding hydrogens is 450 g/mol. The van der Waals surface area contributed by atoms with E-state index in [0.717, 1.165) is 16.1 Å². The van der Waals surface area contributed by atoms with E-state index >= 15 is 0 Å². The number of carbonyl (C=O) groups excluding carboxylic acids is 2. The van der Waals surface area contributed by atoms with E-state index in [-0.39, 0.29) is 12.5 Å². The zero-order chi connectivity index (χ0) is 23.9. The number of nitrogens with one attached hydrogen (secondary N) is 1. The van der Waals surface area contributed by atoms with E-state index in [1.165, 1.54) is 11.0 Å². The number of rotatable bonds is 10. The highest BCUT2D eigenvalue weighted by atomic mass is 35.5. The average molecular weight is 480 g/mol. The lowest BCUT2D eigenvalue weighted by atomic mass is 10.1. The SMILES string of the molecule is CCNC(=O)[C@@H](C)N(CCc1ccccc1)C(=O)CN(c1cc(Cl)ccc1C)S(C)(=O)=O. The van der Waals surface area contributed by atoms with Crippen LogP contribution in [0.5, 0.6) is 0 Å². The topological polar surface area (TPSA) is 86.8 Å². The van der Waals surface area contributed by atoms with E-state index in [0.29, 0.717) is 29.2 Å². The Bertz CT molecular complexity index is 1040. The molecule has 2 aromatic carbocycles. The molecule has 7 nitrogen and oxygen atoms in total. The van der Waals surface area contributed by atoms with Crippen LogP contribution in [0, 0.1) is 6.92 Å². The summed E-state index contributed by atoms with van der Waals surface area (Å²) >= 11 is 6.08. The predicted octanol–water partition coefficient (Wildman–Crippen LogP) is 3.01. The molecule has 2 rings (SSSR count). The van der Waals surface area contributed by atoms with Gasteiger partial charge in [-0.15, -0.1) is 0 Å². The second kappa shape index (κ2) is 11.3. The van der Waals surface area contributed by atoms with Crippen LogP contribution in [0.3, 0.4) is 0 Å². The van der Waals surface area contributed by atoms with Gasteiger partial charge >= 0.3 is 0 Å². The molecule has 0 aromatic heterocycles. The van der Waals surface area contributed by atoms with Crippen LogP contribution in [0.4, 0.5) is 5.69 Å². The van der Waals surface area contributed by atoms with Crippen molar-refractivity contribution in [1.29, 1.82) is 0 Å². The van der Waals surface area contributed by atoms with Crippen LogP contribution in [-0.4, -0.2) is 57.1 Å². The van der Waals surface area contributed by atoms with Gasteiger partial charge in [-0.3, -0.25) is 13.9 Å². The fraction of sp³-hybridized carbons (Fsp3) is 0.391. The largest absolute Gasteiger partial charge is 0.355 e. The summed E-state index contributed by atoms with van der Waals surface area (Å²) in [5.74, 6) is -0.761. The molecule has 0 saturated carbocycles. The van der Waals surface area contributed by atoms with Gasteiger partial charge in [0.05, 0.1) is 11.9 Å². The first-order valence-electron chi connectivity index (χ1n) is 10.4. The van der Waals surface area contributed by atoms with E-state index in [9.17, 15) is 18.0 Å². The summed E-state index contributed by atoms with van der Waals surface area (Å²) in [6, 6.07) is 13.7.